The van der Waals surface area contributed by atoms with Gasteiger partial charge in [-0.2, -0.15) is 0 Å². The van der Waals surface area contributed by atoms with Crippen LogP contribution < -0.4 is 16.0 Å². The van der Waals surface area contributed by atoms with Crippen LogP contribution in [0.15, 0.2) is 24.3 Å². The van der Waals surface area contributed by atoms with Crippen molar-refractivity contribution in [3.63, 3.8) is 0 Å². The van der Waals surface area contributed by atoms with Crippen molar-refractivity contribution in [1.82, 2.24) is 10.6 Å². The molecule has 0 unspecified atom stereocenters. The predicted octanol–water partition coefficient (Wildman–Crippen LogP) is 3.84. The molecule has 1 aromatic rings. The molecule has 0 aliphatic rings. The molecule has 3 N–H and O–H groups in total. The van der Waals surface area contributed by atoms with Crippen LogP contribution in [0.1, 0.15) is 46.1 Å². The number of carbonyl (C=O) groups excluding carboxylic acids is 1. The SMILES string of the molecule is CCCCc1ccc(NC(=S)NCCNC(=O)OC(C)(C)C)cc1. The first-order valence-corrected chi connectivity index (χ1v) is 8.81. The van der Waals surface area contributed by atoms with E-state index in [0.717, 1.165) is 12.1 Å². The van der Waals surface area contributed by atoms with Crippen LogP contribution in [0, 0.1) is 0 Å². The molecule has 1 amide bonds. The standard InChI is InChI=1S/C18H29N3O2S/c1-5-6-7-14-8-10-15(11-9-14)21-16(24)19-12-13-20-17(22)23-18(2,3)4/h8-11H,5-7,12-13H2,1-4H3,(H,20,22)(H2,19,21,24). The third kappa shape index (κ3) is 9.35. The summed E-state index contributed by atoms with van der Waals surface area (Å²) >= 11 is 5.24. The van der Waals surface area contributed by atoms with E-state index in [9.17, 15) is 4.79 Å². The Balaban J connectivity index is 2.23. The van der Waals surface area contributed by atoms with Gasteiger partial charge in [0, 0.05) is 18.8 Å². The number of carbonyl (C=O) groups is 1. The smallest absolute Gasteiger partial charge is 0.407 e. The number of anilines is 1. The number of thiocarbonyl (C=S) groups is 1. The van der Waals surface area contributed by atoms with Crippen LogP contribution in [0.25, 0.3) is 0 Å². The fourth-order valence-corrected chi connectivity index (χ4v) is 2.19. The third-order valence-electron chi connectivity index (χ3n) is 3.11. The van der Waals surface area contributed by atoms with Crippen LogP contribution in [-0.4, -0.2) is 29.9 Å². The van der Waals surface area contributed by atoms with E-state index >= 15 is 0 Å². The summed E-state index contributed by atoms with van der Waals surface area (Å²) in [5, 5.41) is 9.38. The zero-order chi connectivity index (χ0) is 18.0. The zero-order valence-electron chi connectivity index (χ0n) is 15.1. The first kappa shape index (κ1) is 20.2. The summed E-state index contributed by atoms with van der Waals surface area (Å²) in [6.45, 7) is 8.65. The molecule has 6 heteroatoms. The van der Waals surface area contributed by atoms with Crippen LogP contribution in [0.4, 0.5) is 10.5 Å². The lowest BCUT2D eigenvalue weighted by molar-refractivity contribution is 0.0529. The number of benzene rings is 1. The minimum Gasteiger partial charge on any atom is -0.444 e. The van der Waals surface area contributed by atoms with E-state index in [2.05, 4.69) is 35.0 Å². The van der Waals surface area contributed by atoms with Crippen molar-refractivity contribution in [2.75, 3.05) is 18.4 Å². The van der Waals surface area contributed by atoms with E-state index in [-0.39, 0.29) is 0 Å². The number of hydrogen-bond donors (Lipinski definition) is 3. The van der Waals surface area contributed by atoms with Crippen molar-refractivity contribution in [1.29, 1.82) is 0 Å². The molecule has 0 fully saturated rings. The molecular formula is C18H29N3O2S. The van der Waals surface area contributed by atoms with E-state index in [1.807, 2.05) is 32.9 Å². The first-order valence-electron chi connectivity index (χ1n) is 8.41. The Morgan fingerprint density at radius 3 is 2.33 bits per heavy atom. The number of hydrogen-bond acceptors (Lipinski definition) is 3. The van der Waals surface area contributed by atoms with Crippen LogP contribution >= 0.6 is 12.2 Å². The highest BCUT2D eigenvalue weighted by molar-refractivity contribution is 7.80. The third-order valence-corrected chi connectivity index (χ3v) is 3.36. The maximum atomic E-state index is 11.5. The van der Waals surface area contributed by atoms with Gasteiger partial charge in [-0.25, -0.2) is 4.79 Å². The molecule has 0 saturated heterocycles. The summed E-state index contributed by atoms with van der Waals surface area (Å²) in [6.07, 6.45) is 3.09. The summed E-state index contributed by atoms with van der Waals surface area (Å²) < 4.78 is 5.15. The number of ether oxygens (including phenoxy) is 1. The Labute approximate surface area is 150 Å². The largest absolute Gasteiger partial charge is 0.444 e. The second kappa shape index (κ2) is 10.1. The van der Waals surface area contributed by atoms with Gasteiger partial charge in [0.15, 0.2) is 5.11 Å². The van der Waals surface area contributed by atoms with Crippen molar-refractivity contribution in [2.45, 2.75) is 52.6 Å². The molecule has 0 aliphatic carbocycles. The highest BCUT2D eigenvalue weighted by atomic mass is 32.1. The minimum atomic E-state index is -0.488. The van der Waals surface area contributed by atoms with Gasteiger partial charge >= 0.3 is 6.09 Å². The van der Waals surface area contributed by atoms with Crippen LogP contribution in [0.3, 0.4) is 0 Å². The zero-order valence-corrected chi connectivity index (χ0v) is 15.9. The molecule has 0 heterocycles. The molecule has 134 valence electrons. The van der Waals surface area contributed by atoms with Gasteiger partial charge in [0.05, 0.1) is 0 Å². The van der Waals surface area contributed by atoms with E-state index in [1.54, 1.807) is 0 Å². The van der Waals surface area contributed by atoms with Gasteiger partial charge in [-0.05, 0) is 63.5 Å². The molecule has 0 aliphatic heterocycles. The van der Waals surface area contributed by atoms with Gasteiger partial charge < -0.3 is 20.7 Å². The molecule has 5 nitrogen and oxygen atoms in total. The quantitative estimate of drug-likeness (QED) is 0.515. The van der Waals surface area contributed by atoms with Crippen molar-refractivity contribution < 1.29 is 9.53 Å². The lowest BCUT2D eigenvalue weighted by Crippen LogP contribution is -2.39. The van der Waals surface area contributed by atoms with E-state index < -0.39 is 11.7 Å². The van der Waals surface area contributed by atoms with Crippen LogP contribution in [0.2, 0.25) is 0 Å². The molecule has 0 bridgehead atoms. The molecule has 0 radical (unpaired) electrons. The normalized spacial score (nSPS) is 10.8. The minimum absolute atomic E-state index is 0.425. The molecule has 0 saturated carbocycles. The van der Waals surface area contributed by atoms with Crippen molar-refractivity contribution in [3.8, 4) is 0 Å². The number of aryl methyl sites for hydroxylation is 1. The number of unbranched alkanes of at least 4 members (excludes halogenated alkanes) is 1. The lowest BCUT2D eigenvalue weighted by atomic mass is 10.1. The molecule has 1 aromatic carbocycles. The fraction of sp³-hybridized carbons (Fsp3) is 0.556. The second-order valence-electron chi connectivity index (χ2n) is 6.61. The number of nitrogens with one attached hydrogen (secondary N) is 3. The average Bonchev–Trinajstić information content (AvgIpc) is 2.49. The summed E-state index contributed by atoms with van der Waals surface area (Å²) in [6, 6.07) is 8.28. The van der Waals surface area contributed by atoms with E-state index in [1.165, 1.54) is 18.4 Å². The Kier molecular flexibility index (Phi) is 8.54. The summed E-state index contributed by atoms with van der Waals surface area (Å²) in [7, 11) is 0. The average molecular weight is 352 g/mol. The summed E-state index contributed by atoms with van der Waals surface area (Å²) in [4.78, 5) is 11.5. The van der Waals surface area contributed by atoms with Crippen LogP contribution in [-0.2, 0) is 11.2 Å². The number of amides is 1. The predicted molar refractivity (Wildman–Crippen MR) is 104 cm³/mol. The maximum absolute atomic E-state index is 11.5. The number of alkyl carbamates (subject to hydrolysis) is 1. The topological polar surface area (TPSA) is 62.4 Å². The molecule has 1 rings (SSSR count). The Hall–Kier alpha value is -1.82. The second-order valence-corrected chi connectivity index (χ2v) is 7.02. The van der Waals surface area contributed by atoms with E-state index in [4.69, 9.17) is 17.0 Å². The molecular weight excluding hydrogens is 322 g/mol. The molecule has 24 heavy (non-hydrogen) atoms. The lowest BCUT2D eigenvalue weighted by Gasteiger charge is -2.19. The molecule has 0 atom stereocenters. The van der Waals surface area contributed by atoms with Gasteiger partial charge in [0.2, 0.25) is 0 Å². The highest BCUT2D eigenvalue weighted by Gasteiger charge is 2.15. The fourth-order valence-electron chi connectivity index (χ4n) is 1.97. The van der Waals surface area contributed by atoms with Gasteiger partial charge in [-0.15, -0.1) is 0 Å². The molecule has 0 aromatic heterocycles. The van der Waals surface area contributed by atoms with Gasteiger partial charge in [-0.3, -0.25) is 0 Å². The van der Waals surface area contributed by atoms with Gasteiger partial charge in [-0.1, -0.05) is 25.5 Å². The van der Waals surface area contributed by atoms with E-state index in [0.29, 0.717) is 18.2 Å². The summed E-state index contributed by atoms with van der Waals surface area (Å²) in [5.41, 5.74) is 1.80. The van der Waals surface area contributed by atoms with Crippen LogP contribution in [0.5, 0.6) is 0 Å². The highest BCUT2D eigenvalue weighted by Crippen LogP contribution is 2.11. The maximum Gasteiger partial charge on any atom is 0.407 e. The van der Waals surface area contributed by atoms with Gasteiger partial charge in [0.1, 0.15) is 5.60 Å². The van der Waals surface area contributed by atoms with Gasteiger partial charge in [0.25, 0.3) is 0 Å². The number of rotatable bonds is 7. The monoisotopic (exact) mass is 351 g/mol. The molecule has 0 spiro atoms. The van der Waals surface area contributed by atoms with Crippen molar-refractivity contribution >= 4 is 29.1 Å². The first-order chi connectivity index (χ1) is 11.3. The van der Waals surface area contributed by atoms with Crippen molar-refractivity contribution in [3.05, 3.63) is 29.8 Å². The Morgan fingerprint density at radius 2 is 1.75 bits per heavy atom. The Bertz CT molecular complexity index is 524. The summed E-state index contributed by atoms with van der Waals surface area (Å²) in [5.74, 6) is 0. The Morgan fingerprint density at radius 1 is 1.12 bits per heavy atom. The van der Waals surface area contributed by atoms with Crippen molar-refractivity contribution in [2.24, 2.45) is 0 Å².